The predicted molar refractivity (Wildman–Crippen MR) is 127 cm³/mol. The largest absolute Gasteiger partial charge is 0.496 e. The first kappa shape index (κ1) is 21.9. The summed E-state index contributed by atoms with van der Waals surface area (Å²) in [5.74, 6) is 1.34. The number of pyridine rings is 2. The molecule has 0 radical (unpaired) electrons. The second-order valence-corrected chi connectivity index (χ2v) is 7.93. The van der Waals surface area contributed by atoms with Crippen LogP contribution in [0.5, 0.6) is 5.75 Å². The molecule has 0 bridgehead atoms. The molecule has 1 amide bonds. The molecule has 166 valence electrons. The molecule has 1 aromatic carbocycles. The lowest BCUT2D eigenvalue weighted by Gasteiger charge is -2.37. The van der Waals surface area contributed by atoms with Crippen molar-refractivity contribution in [1.82, 2.24) is 15.3 Å². The summed E-state index contributed by atoms with van der Waals surface area (Å²) in [4.78, 5) is 25.6. The van der Waals surface area contributed by atoms with E-state index >= 15 is 0 Å². The quantitative estimate of drug-likeness (QED) is 0.593. The van der Waals surface area contributed by atoms with Gasteiger partial charge in [0.05, 0.1) is 17.7 Å². The van der Waals surface area contributed by atoms with Gasteiger partial charge in [-0.1, -0.05) is 29.8 Å². The molecule has 3 aromatic rings. The Bertz CT molecular complexity index is 1060. The van der Waals surface area contributed by atoms with Gasteiger partial charge >= 0.3 is 0 Å². The van der Waals surface area contributed by atoms with E-state index in [2.05, 4.69) is 25.1 Å². The van der Waals surface area contributed by atoms with E-state index in [0.717, 1.165) is 37.5 Å². The Morgan fingerprint density at radius 2 is 1.81 bits per heavy atom. The number of ether oxygens (including phenoxy) is 1. The lowest BCUT2D eigenvalue weighted by atomic mass is 10.1. The molecule has 0 unspecified atom stereocenters. The zero-order chi connectivity index (χ0) is 22.3. The first-order chi connectivity index (χ1) is 15.7. The van der Waals surface area contributed by atoms with Crippen LogP contribution in [0.4, 0.5) is 11.5 Å². The SMILES string of the molecule is COc1ccccc1CCNC(=O)c1cnc(N2CCN(c3ccncc3)CC2)c(Cl)c1. The maximum Gasteiger partial charge on any atom is 0.252 e. The molecule has 3 heterocycles. The molecule has 2 aromatic heterocycles. The van der Waals surface area contributed by atoms with E-state index in [1.807, 2.05) is 36.4 Å². The molecule has 0 atom stereocenters. The van der Waals surface area contributed by atoms with Gasteiger partial charge < -0.3 is 19.9 Å². The molecule has 8 heteroatoms. The summed E-state index contributed by atoms with van der Waals surface area (Å²) in [5.41, 5.74) is 2.67. The highest BCUT2D eigenvalue weighted by Gasteiger charge is 2.21. The number of carbonyl (C=O) groups is 1. The van der Waals surface area contributed by atoms with Gasteiger partial charge in [-0.3, -0.25) is 9.78 Å². The summed E-state index contributed by atoms with van der Waals surface area (Å²) >= 11 is 6.51. The number of methoxy groups -OCH3 is 1. The number of benzene rings is 1. The molecule has 0 spiro atoms. The topological polar surface area (TPSA) is 70.6 Å². The zero-order valence-corrected chi connectivity index (χ0v) is 18.8. The van der Waals surface area contributed by atoms with E-state index in [-0.39, 0.29) is 5.91 Å². The third-order valence-corrected chi connectivity index (χ3v) is 5.84. The normalized spacial score (nSPS) is 13.7. The average Bonchev–Trinajstić information content (AvgIpc) is 2.85. The molecule has 1 N–H and O–H groups in total. The van der Waals surface area contributed by atoms with Crippen LogP contribution in [-0.2, 0) is 6.42 Å². The van der Waals surface area contributed by atoms with Crippen molar-refractivity contribution in [2.45, 2.75) is 6.42 Å². The Morgan fingerprint density at radius 3 is 2.53 bits per heavy atom. The Labute approximate surface area is 193 Å². The Balaban J connectivity index is 1.32. The highest BCUT2D eigenvalue weighted by atomic mass is 35.5. The van der Waals surface area contributed by atoms with Gasteiger partial charge in [-0.2, -0.15) is 0 Å². The molecule has 0 aliphatic carbocycles. The maximum atomic E-state index is 12.6. The smallest absolute Gasteiger partial charge is 0.252 e. The van der Waals surface area contributed by atoms with Crippen molar-refractivity contribution >= 4 is 29.0 Å². The Kier molecular flexibility index (Phi) is 7.07. The van der Waals surface area contributed by atoms with Gasteiger partial charge in [0.2, 0.25) is 0 Å². The second-order valence-electron chi connectivity index (χ2n) is 7.53. The summed E-state index contributed by atoms with van der Waals surface area (Å²) < 4.78 is 5.36. The van der Waals surface area contributed by atoms with Gasteiger partial charge in [-0.25, -0.2) is 4.98 Å². The Morgan fingerprint density at radius 1 is 1.09 bits per heavy atom. The number of carbonyl (C=O) groups excluding carboxylic acids is 1. The van der Waals surface area contributed by atoms with Crippen molar-refractivity contribution in [2.24, 2.45) is 0 Å². The molecular weight excluding hydrogens is 426 g/mol. The van der Waals surface area contributed by atoms with Crippen molar-refractivity contribution in [3.05, 3.63) is 77.2 Å². The number of aromatic nitrogens is 2. The second kappa shape index (κ2) is 10.3. The summed E-state index contributed by atoms with van der Waals surface area (Å²) in [6.45, 7) is 3.84. The minimum Gasteiger partial charge on any atom is -0.496 e. The lowest BCUT2D eigenvalue weighted by molar-refractivity contribution is 0.0953. The van der Waals surface area contributed by atoms with Crippen molar-refractivity contribution in [3.63, 3.8) is 0 Å². The van der Waals surface area contributed by atoms with E-state index in [9.17, 15) is 4.79 Å². The summed E-state index contributed by atoms with van der Waals surface area (Å²) in [7, 11) is 1.64. The van der Waals surface area contributed by atoms with Crippen LogP contribution in [0, 0.1) is 0 Å². The van der Waals surface area contributed by atoms with Gasteiger partial charge in [0.25, 0.3) is 5.91 Å². The molecular formula is C24H26ClN5O2. The van der Waals surface area contributed by atoms with Gasteiger partial charge in [-0.05, 0) is 36.2 Å². The van der Waals surface area contributed by atoms with Crippen LogP contribution in [0.2, 0.25) is 5.02 Å². The number of piperazine rings is 1. The standard InChI is InChI=1S/C24H26ClN5O2/c1-32-22-5-3-2-4-18(22)6-11-27-24(31)19-16-21(25)23(28-17-19)30-14-12-29(13-15-30)20-7-9-26-10-8-20/h2-5,7-10,16-17H,6,11-15H2,1H3,(H,27,31). The third-order valence-electron chi connectivity index (χ3n) is 5.56. The van der Waals surface area contributed by atoms with Crippen LogP contribution in [0.3, 0.4) is 0 Å². The van der Waals surface area contributed by atoms with Gasteiger partial charge in [-0.15, -0.1) is 0 Å². The fourth-order valence-corrected chi connectivity index (χ4v) is 4.13. The number of nitrogens with one attached hydrogen (secondary N) is 1. The minimum absolute atomic E-state index is 0.191. The third kappa shape index (κ3) is 5.11. The number of amides is 1. The average molecular weight is 452 g/mol. The van der Waals surface area contributed by atoms with Crippen molar-refractivity contribution < 1.29 is 9.53 Å². The van der Waals surface area contributed by atoms with Crippen molar-refractivity contribution in [1.29, 1.82) is 0 Å². The Hall–Kier alpha value is -3.32. The molecule has 0 saturated carbocycles. The number of para-hydroxylation sites is 1. The van der Waals surface area contributed by atoms with E-state index in [1.165, 1.54) is 5.69 Å². The molecule has 1 aliphatic rings. The summed E-state index contributed by atoms with van der Waals surface area (Å²) in [6, 6.07) is 13.5. The minimum atomic E-state index is -0.191. The van der Waals surface area contributed by atoms with Crippen LogP contribution in [0.15, 0.2) is 61.1 Å². The lowest BCUT2D eigenvalue weighted by Crippen LogP contribution is -2.47. The van der Waals surface area contributed by atoms with Gasteiger partial charge in [0.1, 0.15) is 11.6 Å². The molecule has 7 nitrogen and oxygen atoms in total. The van der Waals surface area contributed by atoms with Gasteiger partial charge in [0.15, 0.2) is 0 Å². The van der Waals surface area contributed by atoms with Crippen LogP contribution in [0.1, 0.15) is 15.9 Å². The monoisotopic (exact) mass is 451 g/mol. The van der Waals surface area contributed by atoms with E-state index in [4.69, 9.17) is 16.3 Å². The molecule has 1 saturated heterocycles. The summed E-state index contributed by atoms with van der Waals surface area (Å²) in [6.07, 6.45) is 5.88. The molecule has 1 fully saturated rings. The fraction of sp³-hybridized carbons (Fsp3) is 0.292. The van der Waals surface area contributed by atoms with E-state index in [0.29, 0.717) is 29.4 Å². The number of anilines is 2. The van der Waals surface area contributed by atoms with E-state index in [1.54, 1.807) is 31.8 Å². The highest BCUT2D eigenvalue weighted by molar-refractivity contribution is 6.33. The zero-order valence-electron chi connectivity index (χ0n) is 18.0. The predicted octanol–water partition coefficient (Wildman–Crippen LogP) is 3.44. The molecule has 1 aliphatic heterocycles. The number of hydrogen-bond acceptors (Lipinski definition) is 6. The number of halogens is 1. The van der Waals surface area contributed by atoms with Crippen LogP contribution in [-0.4, -0.2) is 55.7 Å². The fourth-order valence-electron chi connectivity index (χ4n) is 3.84. The first-order valence-corrected chi connectivity index (χ1v) is 11.0. The van der Waals surface area contributed by atoms with Crippen LogP contribution in [0.25, 0.3) is 0 Å². The van der Waals surface area contributed by atoms with Crippen LogP contribution >= 0.6 is 11.6 Å². The maximum absolute atomic E-state index is 12.6. The molecule has 4 rings (SSSR count). The first-order valence-electron chi connectivity index (χ1n) is 10.6. The highest BCUT2D eigenvalue weighted by Crippen LogP contribution is 2.26. The number of rotatable bonds is 7. The summed E-state index contributed by atoms with van der Waals surface area (Å²) in [5, 5.41) is 3.42. The van der Waals surface area contributed by atoms with Crippen molar-refractivity contribution in [3.8, 4) is 5.75 Å². The van der Waals surface area contributed by atoms with Gasteiger partial charge in [0, 0.05) is 57.0 Å². The van der Waals surface area contributed by atoms with Crippen molar-refractivity contribution in [2.75, 3.05) is 49.6 Å². The van der Waals surface area contributed by atoms with E-state index < -0.39 is 0 Å². The molecule has 32 heavy (non-hydrogen) atoms. The number of nitrogens with zero attached hydrogens (tertiary/aromatic N) is 4. The van der Waals surface area contributed by atoms with Crippen LogP contribution < -0.4 is 19.9 Å². The number of hydrogen-bond donors (Lipinski definition) is 1.